The van der Waals surface area contributed by atoms with Gasteiger partial charge in [-0.05, 0) is 32.1 Å². The molecule has 0 aromatic rings. The van der Waals surface area contributed by atoms with Crippen LogP contribution in [0.1, 0.15) is 58.3 Å². The Labute approximate surface area is 126 Å². The fraction of sp³-hybridized carbons (Fsp3) is 0.875. The van der Waals surface area contributed by atoms with Crippen molar-refractivity contribution >= 4 is 11.8 Å². The first kappa shape index (κ1) is 14.8. The van der Waals surface area contributed by atoms with E-state index in [4.69, 9.17) is 4.74 Å². The van der Waals surface area contributed by atoms with Crippen molar-refractivity contribution in [1.29, 1.82) is 0 Å². The van der Waals surface area contributed by atoms with Crippen LogP contribution in [-0.4, -0.2) is 47.6 Å². The lowest BCUT2D eigenvalue weighted by molar-refractivity contribution is -0.156. The van der Waals surface area contributed by atoms with Gasteiger partial charge in [0.05, 0.1) is 6.10 Å². The van der Waals surface area contributed by atoms with E-state index in [9.17, 15) is 9.59 Å². The predicted molar refractivity (Wildman–Crippen MR) is 78.7 cm³/mol. The molecule has 1 aliphatic carbocycles. The summed E-state index contributed by atoms with van der Waals surface area (Å²) in [6, 6.07) is -0.307. The van der Waals surface area contributed by atoms with E-state index in [1.54, 1.807) is 0 Å². The summed E-state index contributed by atoms with van der Waals surface area (Å²) in [5.74, 6) is 0.171. The standard InChI is InChI=1S/C16H26N2O3/c1-2-6-13-14(19)17-16(8-3-4-9-16)15(20)18(13)11-12-7-5-10-21-12/h12-13H,2-11H2,1H3,(H,17,19). The minimum absolute atomic E-state index is 0.0383. The molecule has 2 aliphatic heterocycles. The topological polar surface area (TPSA) is 58.6 Å². The first-order valence-corrected chi connectivity index (χ1v) is 8.41. The molecule has 5 nitrogen and oxygen atoms in total. The van der Waals surface area contributed by atoms with Crippen LogP contribution in [0.25, 0.3) is 0 Å². The van der Waals surface area contributed by atoms with E-state index < -0.39 is 5.54 Å². The smallest absolute Gasteiger partial charge is 0.249 e. The Bertz CT molecular complexity index is 412. The van der Waals surface area contributed by atoms with Gasteiger partial charge >= 0.3 is 0 Å². The molecule has 3 aliphatic rings. The highest BCUT2D eigenvalue weighted by Crippen LogP contribution is 2.35. The van der Waals surface area contributed by atoms with Crippen LogP contribution < -0.4 is 5.32 Å². The van der Waals surface area contributed by atoms with Crippen LogP contribution in [0.15, 0.2) is 0 Å². The lowest BCUT2D eigenvalue weighted by Crippen LogP contribution is -2.70. The van der Waals surface area contributed by atoms with E-state index >= 15 is 0 Å². The zero-order valence-corrected chi connectivity index (χ0v) is 12.9. The molecular formula is C16H26N2O3. The van der Waals surface area contributed by atoms with Gasteiger partial charge in [-0.25, -0.2) is 0 Å². The van der Waals surface area contributed by atoms with Crippen molar-refractivity contribution in [2.45, 2.75) is 76.0 Å². The number of nitrogens with zero attached hydrogens (tertiary/aromatic N) is 1. The van der Waals surface area contributed by atoms with Crippen LogP contribution in [0.2, 0.25) is 0 Å². The van der Waals surface area contributed by atoms with Crippen LogP contribution in [0, 0.1) is 0 Å². The third kappa shape index (κ3) is 2.68. The quantitative estimate of drug-likeness (QED) is 0.857. The Hall–Kier alpha value is -1.10. The summed E-state index contributed by atoms with van der Waals surface area (Å²) in [6.07, 6.45) is 7.44. The highest BCUT2D eigenvalue weighted by molar-refractivity contribution is 6.00. The lowest BCUT2D eigenvalue weighted by atomic mass is 9.89. The van der Waals surface area contributed by atoms with Crippen molar-refractivity contribution in [3.63, 3.8) is 0 Å². The summed E-state index contributed by atoms with van der Waals surface area (Å²) in [5.41, 5.74) is -0.611. The Kier molecular flexibility index (Phi) is 4.20. The van der Waals surface area contributed by atoms with E-state index in [1.807, 2.05) is 4.90 Å². The molecule has 0 radical (unpaired) electrons. The van der Waals surface area contributed by atoms with Crippen molar-refractivity contribution in [1.82, 2.24) is 10.2 Å². The number of rotatable bonds is 4. The van der Waals surface area contributed by atoms with Gasteiger partial charge < -0.3 is 15.0 Å². The minimum atomic E-state index is -0.611. The number of carbonyl (C=O) groups excluding carboxylic acids is 2. The molecule has 5 heteroatoms. The van der Waals surface area contributed by atoms with E-state index in [-0.39, 0.29) is 24.0 Å². The third-order valence-corrected chi connectivity index (χ3v) is 5.16. The van der Waals surface area contributed by atoms with Crippen molar-refractivity contribution < 1.29 is 14.3 Å². The normalized spacial score (nSPS) is 32.0. The van der Waals surface area contributed by atoms with E-state index in [0.717, 1.165) is 58.0 Å². The second kappa shape index (κ2) is 5.95. The zero-order valence-electron chi connectivity index (χ0n) is 12.9. The minimum Gasteiger partial charge on any atom is -0.376 e. The molecule has 2 saturated heterocycles. The van der Waals surface area contributed by atoms with Gasteiger partial charge in [0, 0.05) is 13.2 Å². The number of carbonyl (C=O) groups is 2. The maximum absolute atomic E-state index is 13.0. The molecule has 2 amide bonds. The number of nitrogens with one attached hydrogen (secondary N) is 1. The molecule has 1 spiro atoms. The Morgan fingerprint density at radius 1 is 1.29 bits per heavy atom. The second-order valence-corrected chi connectivity index (χ2v) is 6.68. The van der Waals surface area contributed by atoms with Gasteiger partial charge in [-0.2, -0.15) is 0 Å². The monoisotopic (exact) mass is 294 g/mol. The van der Waals surface area contributed by atoms with E-state index in [0.29, 0.717) is 6.54 Å². The van der Waals surface area contributed by atoms with Gasteiger partial charge in [-0.1, -0.05) is 26.2 Å². The van der Waals surface area contributed by atoms with Crippen LogP contribution in [0.5, 0.6) is 0 Å². The summed E-state index contributed by atoms with van der Waals surface area (Å²) < 4.78 is 5.69. The molecule has 0 aromatic heterocycles. The van der Waals surface area contributed by atoms with Crippen molar-refractivity contribution in [3.05, 3.63) is 0 Å². The van der Waals surface area contributed by atoms with E-state index in [1.165, 1.54) is 0 Å². The molecule has 2 atom stereocenters. The van der Waals surface area contributed by atoms with Gasteiger partial charge in [-0.15, -0.1) is 0 Å². The SMILES string of the molecule is CCCC1C(=O)NC2(CCCC2)C(=O)N1CC1CCCO1. The maximum atomic E-state index is 13.0. The molecule has 2 heterocycles. The summed E-state index contributed by atoms with van der Waals surface area (Å²) in [6.45, 7) is 3.42. The summed E-state index contributed by atoms with van der Waals surface area (Å²) in [5, 5.41) is 3.06. The zero-order chi connectivity index (χ0) is 14.9. The average Bonchev–Trinajstić information content (AvgIpc) is 3.12. The molecule has 2 unspecified atom stereocenters. The molecule has 3 fully saturated rings. The fourth-order valence-corrected chi connectivity index (χ4v) is 4.03. The molecule has 3 rings (SSSR count). The third-order valence-electron chi connectivity index (χ3n) is 5.16. The number of hydrogen-bond donors (Lipinski definition) is 1. The molecular weight excluding hydrogens is 268 g/mol. The van der Waals surface area contributed by atoms with Crippen LogP contribution in [0.4, 0.5) is 0 Å². The van der Waals surface area contributed by atoms with Crippen molar-refractivity contribution in [3.8, 4) is 0 Å². The van der Waals surface area contributed by atoms with Gasteiger partial charge in [0.1, 0.15) is 11.6 Å². The average molecular weight is 294 g/mol. The fourth-order valence-electron chi connectivity index (χ4n) is 4.03. The van der Waals surface area contributed by atoms with Crippen molar-refractivity contribution in [2.24, 2.45) is 0 Å². The predicted octanol–water partition coefficient (Wildman–Crippen LogP) is 1.61. The first-order chi connectivity index (χ1) is 10.2. The Balaban J connectivity index is 1.81. The van der Waals surface area contributed by atoms with Crippen LogP contribution in [0.3, 0.4) is 0 Å². The lowest BCUT2D eigenvalue weighted by Gasteiger charge is -2.45. The van der Waals surface area contributed by atoms with Crippen molar-refractivity contribution in [2.75, 3.05) is 13.2 Å². The van der Waals surface area contributed by atoms with Crippen LogP contribution in [-0.2, 0) is 14.3 Å². The van der Waals surface area contributed by atoms with Gasteiger partial charge in [-0.3, -0.25) is 9.59 Å². The van der Waals surface area contributed by atoms with Gasteiger partial charge in [0.25, 0.3) is 0 Å². The summed E-state index contributed by atoms with van der Waals surface area (Å²) >= 11 is 0. The summed E-state index contributed by atoms with van der Waals surface area (Å²) in [7, 11) is 0. The van der Waals surface area contributed by atoms with Gasteiger partial charge in [0.15, 0.2) is 0 Å². The van der Waals surface area contributed by atoms with E-state index in [2.05, 4.69) is 12.2 Å². The molecule has 1 saturated carbocycles. The molecule has 1 N–H and O–H groups in total. The maximum Gasteiger partial charge on any atom is 0.249 e. The number of piperazine rings is 1. The molecule has 21 heavy (non-hydrogen) atoms. The van der Waals surface area contributed by atoms with Gasteiger partial charge in [0.2, 0.25) is 11.8 Å². The Morgan fingerprint density at radius 2 is 2.05 bits per heavy atom. The van der Waals surface area contributed by atoms with Crippen LogP contribution >= 0.6 is 0 Å². The first-order valence-electron chi connectivity index (χ1n) is 8.41. The molecule has 0 aromatic carbocycles. The number of hydrogen-bond acceptors (Lipinski definition) is 3. The Morgan fingerprint density at radius 3 is 2.67 bits per heavy atom. The highest BCUT2D eigenvalue weighted by atomic mass is 16.5. The summed E-state index contributed by atoms with van der Waals surface area (Å²) in [4.78, 5) is 27.4. The largest absolute Gasteiger partial charge is 0.376 e. The highest BCUT2D eigenvalue weighted by Gasteiger charge is 2.52. The molecule has 0 bridgehead atoms. The number of amides is 2. The molecule has 118 valence electrons. The number of ether oxygens (including phenoxy) is 1. The second-order valence-electron chi connectivity index (χ2n) is 6.68.